The van der Waals surface area contributed by atoms with Crippen LogP contribution in [0.4, 0.5) is 4.39 Å². The Morgan fingerprint density at radius 1 is 1.58 bits per heavy atom. The first kappa shape index (κ1) is 11.6. The molecule has 0 saturated heterocycles. The van der Waals surface area contributed by atoms with Gasteiger partial charge in [0.15, 0.2) is 0 Å². The van der Waals surface area contributed by atoms with Gasteiger partial charge in [0.2, 0.25) is 5.05 Å². The molecule has 0 aliphatic heterocycles. The number of hydrogen-bond donors (Lipinski definition) is 1. The number of aromatic nitrogens is 1. The Labute approximate surface area is 88.2 Å². The number of halogens is 1. The predicted molar refractivity (Wildman–Crippen MR) is 43.4 cm³/mol. The van der Waals surface area contributed by atoms with Crippen molar-refractivity contribution in [3.63, 3.8) is 0 Å². The van der Waals surface area contributed by atoms with Crippen molar-refractivity contribution in [2.45, 2.75) is 6.67 Å². The van der Waals surface area contributed by atoms with E-state index in [4.69, 9.17) is 5.11 Å². The fourth-order valence-corrected chi connectivity index (χ4v) is 0.787. The molecule has 1 aromatic rings. The van der Waals surface area contributed by atoms with Gasteiger partial charge in [0, 0.05) is 20.1 Å². The number of hydrogen-bond acceptors (Lipinski definition) is 2. The molecule has 1 aromatic heterocycles. The van der Waals surface area contributed by atoms with Crippen LogP contribution in [0.2, 0.25) is 0 Å². The average molecular weight is 363 g/mol. The third-order valence-electron chi connectivity index (χ3n) is 1.16. The second kappa shape index (κ2) is 5.30. The summed E-state index contributed by atoms with van der Waals surface area (Å²) in [7, 11) is 0. The molecule has 1 heterocycles. The van der Waals surface area contributed by atoms with E-state index in [1.807, 2.05) is 0 Å². The molecule has 67 valence electrons. The third-order valence-corrected chi connectivity index (χ3v) is 1.37. The van der Waals surface area contributed by atoms with Crippen molar-refractivity contribution in [1.29, 1.82) is 0 Å². The molecule has 1 N–H and O–H groups in total. The Balaban J connectivity index is 0.00000121. The van der Waals surface area contributed by atoms with Gasteiger partial charge in [-0.25, -0.2) is 9.37 Å². The summed E-state index contributed by atoms with van der Waals surface area (Å²) >= 11 is 4.44. The fourth-order valence-electron chi connectivity index (χ4n) is 0.673. The summed E-state index contributed by atoms with van der Waals surface area (Å²) in [5.41, 5.74) is 0.522. The molecule has 1 rings (SSSR count). The number of alkyl halides is 1. The molecule has 0 aromatic carbocycles. The van der Waals surface area contributed by atoms with Crippen LogP contribution in [0.3, 0.4) is 0 Å². The molecule has 0 atom stereocenters. The van der Waals surface area contributed by atoms with Crippen molar-refractivity contribution in [3.05, 3.63) is 29.6 Å². The minimum Gasteiger partial charge on any atom is -0.497 e. The second-order valence-electron chi connectivity index (χ2n) is 1.95. The minimum atomic E-state index is -0.642. The molecule has 0 aliphatic carbocycles. The van der Waals surface area contributed by atoms with Gasteiger partial charge < -0.3 is 5.11 Å². The number of thiocarbonyl (C=S) groups is 1. The van der Waals surface area contributed by atoms with Gasteiger partial charge in [-0.05, 0) is 24.4 Å². The van der Waals surface area contributed by atoms with E-state index in [-0.39, 0.29) is 36.5 Å². The normalized spacial score (nSPS) is 8.75. The van der Waals surface area contributed by atoms with Crippen molar-refractivity contribution >= 4 is 17.3 Å². The van der Waals surface area contributed by atoms with Crippen LogP contribution in [0.15, 0.2) is 18.2 Å². The molecule has 5 heteroatoms. The van der Waals surface area contributed by atoms with Crippen molar-refractivity contribution in [2.75, 3.05) is 0 Å². The van der Waals surface area contributed by atoms with Gasteiger partial charge in [-0.2, -0.15) is 0 Å². The molecule has 2 nitrogen and oxygen atoms in total. The molecule has 12 heavy (non-hydrogen) atoms. The maximum absolute atomic E-state index is 12.0. The summed E-state index contributed by atoms with van der Waals surface area (Å²) in [6, 6.07) is 4.66. The third kappa shape index (κ3) is 2.93. The summed E-state index contributed by atoms with van der Waals surface area (Å²) in [4.78, 5) is 3.72. The van der Waals surface area contributed by atoms with Crippen LogP contribution in [0.5, 0.6) is 0 Å². The van der Waals surface area contributed by atoms with Crippen LogP contribution in [0.25, 0.3) is 0 Å². The van der Waals surface area contributed by atoms with E-state index in [0.717, 1.165) is 0 Å². The van der Waals surface area contributed by atoms with Gasteiger partial charge in [-0.3, -0.25) is 0 Å². The van der Waals surface area contributed by atoms with Gasteiger partial charge in [0.05, 0.1) is 5.69 Å². The number of pyridine rings is 1. The Morgan fingerprint density at radius 3 is 2.75 bits per heavy atom. The number of nitrogens with zero attached hydrogens (tertiary/aromatic N) is 1. The van der Waals surface area contributed by atoms with E-state index in [1.165, 1.54) is 12.1 Å². The van der Waals surface area contributed by atoms with E-state index in [1.54, 1.807) is 6.07 Å². The van der Waals surface area contributed by atoms with E-state index in [9.17, 15) is 4.39 Å². The Hall–Kier alpha value is -0.381. The van der Waals surface area contributed by atoms with Crippen molar-refractivity contribution in [1.82, 2.24) is 4.98 Å². The SMILES string of the molecule is OC(=S)c1cccc(CF)n1.[Ir]. The largest absolute Gasteiger partial charge is 0.497 e. The first-order valence-corrected chi connectivity index (χ1v) is 3.40. The van der Waals surface area contributed by atoms with Crippen molar-refractivity contribution in [2.24, 2.45) is 0 Å². The summed E-state index contributed by atoms with van der Waals surface area (Å²) in [5, 5.41) is 8.48. The van der Waals surface area contributed by atoms with Crippen LogP contribution in [0, 0.1) is 0 Å². The van der Waals surface area contributed by atoms with E-state index in [0.29, 0.717) is 0 Å². The topological polar surface area (TPSA) is 33.1 Å². The van der Waals surface area contributed by atoms with Crippen LogP contribution >= 0.6 is 12.2 Å². The van der Waals surface area contributed by atoms with Crippen molar-refractivity contribution in [3.8, 4) is 0 Å². The zero-order valence-corrected chi connectivity index (χ0v) is 9.16. The quantitative estimate of drug-likeness (QED) is 0.814. The molecule has 0 aliphatic rings. The molecule has 0 fully saturated rings. The monoisotopic (exact) mass is 364 g/mol. The minimum absolute atomic E-state index is 0. The van der Waals surface area contributed by atoms with Crippen LogP contribution in [-0.2, 0) is 26.8 Å². The van der Waals surface area contributed by atoms with Gasteiger partial charge in [-0.15, -0.1) is 0 Å². The summed E-state index contributed by atoms with van der Waals surface area (Å²) in [5.74, 6) is 0. The van der Waals surface area contributed by atoms with Gasteiger partial charge >= 0.3 is 0 Å². The summed E-state index contributed by atoms with van der Waals surface area (Å²) in [6.45, 7) is -0.642. The maximum atomic E-state index is 12.0. The van der Waals surface area contributed by atoms with Crippen molar-refractivity contribution < 1.29 is 29.6 Å². The number of rotatable bonds is 2. The summed E-state index contributed by atoms with van der Waals surface area (Å²) < 4.78 is 12.0. The van der Waals surface area contributed by atoms with Gasteiger partial charge in [0.1, 0.15) is 12.4 Å². The molecule has 1 radical (unpaired) electrons. The van der Waals surface area contributed by atoms with Gasteiger partial charge in [-0.1, -0.05) is 6.07 Å². The first-order chi connectivity index (χ1) is 5.24. The van der Waals surface area contributed by atoms with Gasteiger partial charge in [0.25, 0.3) is 0 Å². The number of aliphatic hydroxyl groups is 1. The molecular weight excluding hydrogens is 357 g/mol. The number of aliphatic hydroxyl groups excluding tert-OH is 1. The Kier molecular flexibility index (Phi) is 5.13. The molecule has 0 unspecified atom stereocenters. The standard InChI is InChI=1S/C7H6FNOS.Ir/c8-4-5-2-1-3-6(9-5)7(10)11;/h1-3H,4H2,(H,10,11);. The van der Waals surface area contributed by atoms with Crippen LogP contribution in [-0.4, -0.2) is 15.1 Å². The zero-order valence-electron chi connectivity index (χ0n) is 5.95. The molecule has 0 amide bonds. The smallest absolute Gasteiger partial charge is 0.207 e. The molecular formula is C7H6FIrNOS. The Bertz CT molecular complexity index is 282. The first-order valence-electron chi connectivity index (χ1n) is 2.99. The maximum Gasteiger partial charge on any atom is 0.207 e. The van der Waals surface area contributed by atoms with Crippen LogP contribution < -0.4 is 0 Å². The van der Waals surface area contributed by atoms with Crippen LogP contribution in [0.1, 0.15) is 11.4 Å². The zero-order chi connectivity index (χ0) is 8.27. The van der Waals surface area contributed by atoms with E-state index in [2.05, 4.69) is 17.2 Å². The predicted octanol–water partition coefficient (Wildman–Crippen LogP) is 1.78. The average Bonchev–Trinajstić information content (AvgIpc) is 2.05. The molecule has 0 bridgehead atoms. The van der Waals surface area contributed by atoms with E-state index >= 15 is 0 Å². The van der Waals surface area contributed by atoms with E-state index < -0.39 is 6.67 Å². The second-order valence-corrected chi connectivity index (χ2v) is 2.34. The molecule has 0 spiro atoms. The Morgan fingerprint density at radius 2 is 2.25 bits per heavy atom. The fraction of sp³-hybridized carbons (Fsp3) is 0.143. The summed E-state index contributed by atoms with van der Waals surface area (Å²) in [6.07, 6.45) is 0. The molecule has 0 saturated carbocycles.